The number of benzene rings is 1. The first-order valence-corrected chi connectivity index (χ1v) is 4.89. The Morgan fingerprint density at radius 3 is 3.00 bits per heavy atom. The Bertz CT molecular complexity index is 548. The highest BCUT2D eigenvalue weighted by atomic mass is 19.1. The fraction of sp³-hybridized carbons (Fsp3) is 0.273. The fourth-order valence-corrected chi connectivity index (χ4v) is 1.63. The lowest BCUT2D eigenvalue weighted by molar-refractivity contribution is 0.629. The quantitative estimate of drug-likeness (QED) is 0.817. The number of aromatic amines is 1. The van der Waals surface area contributed by atoms with Crippen LogP contribution in [0, 0.1) is 5.82 Å². The maximum absolute atomic E-state index is 13.0. The van der Waals surface area contributed by atoms with E-state index in [2.05, 4.69) is 9.97 Å². The molecule has 1 N–H and O–H groups in total. The number of aromatic nitrogens is 2. The molecule has 0 fully saturated rings. The Morgan fingerprint density at radius 1 is 1.47 bits per heavy atom. The van der Waals surface area contributed by atoms with Crippen LogP contribution in [0.1, 0.15) is 19.0 Å². The first-order valence-electron chi connectivity index (χ1n) is 4.89. The maximum Gasteiger partial charge on any atom is 0.345 e. The second kappa shape index (κ2) is 3.81. The van der Waals surface area contributed by atoms with Crippen molar-refractivity contribution in [2.75, 3.05) is 0 Å². The molecule has 78 valence electrons. The van der Waals surface area contributed by atoms with Crippen LogP contribution >= 0.6 is 0 Å². The smallest absolute Gasteiger partial charge is 0.309 e. The predicted molar refractivity (Wildman–Crippen MR) is 56.3 cm³/mol. The number of aryl methyl sites for hydroxylation is 1. The molecule has 1 heterocycles. The molecular formula is C11H11FN2O. The van der Waals surface area contributed by atoms with Gasteiger partial charge in [-0.05, 0) is 24.6 Å². The highest BCUT2D eigenvalue weighted by molar-refractivity contribution is 5.80. The third-order valence-corrected chi connectivity index (χ3v) is 2.26. The average Bonchev–Trinajstić information content (AvgIpc) is 2.19. The molecule has 15 heavy (non-hydrogen) atoms. The van der Waals surface area contributed by atoms with Crippen molar-refractivity contribution in [1.29, 1.82) is 0 Å². The molecule has 0 saturated carbocycles. The normalized spacial score (nSPS) is 10.8. The number of rotatable bonds is 2. The summed E-state index contributed by atoms with van der Waals surface area (Å²) in [6.45, 7) is 2.00. The van der Waals surface area contributed by atoms with Gasteiger partial charge in [-0.25, -0.2) is 9.18 Å². The summed E-state index contributed by atoms with van der Waals surface area (Å²) in [4.78, 5) is 17.6. The van der Waals surface area contributed by atoms with Crippen molar-refractivity contribution in [1.82, 2.24) is 9.97 Å². The number of nitrogens with one attached hydrogen (secondary N) is 1. The highest BCUT2D eigenvalue weighted by Gasteiger charge is 2.04. The first kappa shape index (κ1) is 9.83. The molecule has 1 aromatic carbocycles. The molecule has 0 bridgehead atoms. The summed E-state index contributed by atoms with van der Waals surface area (Å²) in [6, 6.07) is 4.24. The monoisotopic (exact) mass is 206 g/mol. The third kappa shape index (κ3) is 1.88. The molecule has 0 aliphatic rings. The Kier molecular flexibility index (Phi) is 2.49. The predicted octanol–water partition coefficient (Wildman–Crippen LogP) is 2.01. The number of fused-ring (bicyclic) bond motifs is 1. The van der Waals surface area contributed by atoms with E-state index in [1.165, 1.54) is 18.2 Å². The molecule has 0 saturated heterocycles. The van der Waals surface area contributed by atoms with Crippen LogP contribution in [0.4, 0.5) is 4.39 Å². The maximum atomic E-state index is 13.0. The topological polar surface area (TPSA) is 45.8 Å². The van der Waals surface area contributed by atoms with Crippen LogP contribution in [0.5, 0.6) is 0 Å². The Morgan fingerprint density at radius 2 is 2.27 bits per heavy atom. The molecule has 0 radical (unpaired) electrons. The minimum Gasteiger partial charge on any atom is -0.309 e. The minimum absolute atomic E-state index is 0.311. The number of hydrogen-bond donors (Lipinski definition) is 1. The van der Waals surface area contributed by atoms with Crippen molar-refractivity contribution in [3.63, 3.8) is 0 Å². The van der Waals surface area contributed by atoms with Crippen LogP contribution in [-0.4, -0.2) is 9.97 Å². The van der Waals surface area contributed by atoms with Crippen molar-refractivity contribution in [3.05, 3.63) is 40.2 Å². The molecule has 0 unspecified atom stereocenters. The highest BCUT2D eigenvalue weighted by Crippen LogP contribution is 2.15. The Balaban J connectivity index is 2.75. The van der Waals surface area contributed by atoms with Crippen molar-refractivity contribution in [2.24, 2.45) is 0 Å². The van der Waals surface area contributed by atoms with Gasteiger partial charge >= 0.3 is 5.69 Å². The molecule has 0 spiro atoms. The van der Waals surface area contributed by atoms with Crippen LogP contribution in [0.25, 0.3) is 10.9 Å². The number of halogens is 1. The van der Waals surface area contributed by atoms with Crippen LogP contribution in [0.3, 0.4) is 0 Å². The summed E-state index contributed by atoms with van der Waals surface area (Å²) in [5, 5.41) is 0.691. The summed E-state index contributed by atoms with van der Waals surface area (Å²) in [5.74, 6) is -0.311. The summed E-state index contributed by atoms with van der Waals surface area (Å²) < 4.78 is 13.0. The van der Waals surface area contributed by atoms with Crippen LogP contribution in [0.15, 0.2) is 23.0 Å². The van der Waals surface area contributed by atoms with E-state index in [1.54, 1.807) is 0 Å². The molecule has 3 nitrogen and oxygen atoms in total. The molecule has 2 aromatic rings. The lowest BCUT2D eigenvalue weighted by atomic mass is 10.1. The lowest BCUT2D eigenvalue weighted by Crippen LogP contribution is -2.13. The fourth-order valence-electron chi connectivity index (χ4n) is 1.63. The summed E-state index contributed by atoms with van der Waals surface area (Å²) in [5.41, 5.74) is 0.924. The zero-order chi connectivity index (χ0) is 10.8. The van der Waals surface area contributed by atoms with E-state index in [0.717, 1.165) is 18.5 Å². The van der Waals surface area contributed by atoms with E-state index in [4.69, 9.17) is 0 Å². The van der Waals surface area contributed by atoms with Crippen LogP contribution in [-0.2, 0) is 6.42 Å². The molecule has 0 atom stereocenters. The van der Waals surface area contributed by atoms with E-state index in [9.17, 15) is 9.18 Å². The zero-order valence-electron chi connectivity index (χ0n) is 8.38. The molecule has 2 rings (SSSR count). The number of nitrogens with zero attached hydrogens (tertiary/aromatic N) is 1. The van der Waals surface area contributed by atoms with Gasteiger partial charge in [-0.3, -0.25) is 0 Å². The van der Waals surface area contributed by atoms with Gasteiger partial charge in [-0.1, -0.05) is 13.3 Å². The molecule has 1 aromatic heterocycles. The van der Waals surface area contributed by atoms with Crippen molar-refractivity contribution >= 4 is 10.9 Å². The largest absolute Gasteiger partial charge is 0.345 e. The summed E-state index contributed by atoms with van der Waals surface area (Å²) in [7, 11) is 0. The lowest BCUT2D eigenvalue weighted by Gasteiger charge is -2.03. The zero-order valence-corrected chi connectivity index (χ0v) is 8.38. The van der Waals surface area contributed by atoms with Gasteiger partial charge in [0.2, 0.25) is 0 Å². The van der Waals surface area contributed by atoms with Gasteiger partial charge in [-0.15, -0.1) is 0 Å². The Hall–Kier alpha value is -1.71. The molecule has 4 heteroatoms. The number of H-pyrrole nitrogens is 1. The average molecular weight is 206 g/mol. The standard InChI is InChI=1S/C11H11FN2O/c1-2-3-9-8-6-7(12)4-5-10(8)14-11(15)13-9/h4-6H,2-3H2,1H3,(H,13,14,15). The van der Waals surface area contributed by atoms with E-state index in [0.29, 0.717) is 10.9 Å². The second-order valence-corrected chi connectivity index (χ2v) is 3.43. The molecular weight excluding hydrogens is 195 g/mol. The van der Waals surface area contributed by atoms with Crippen LogP contribution < -0.4 is 5.69 Å². The molecule has 0 aliphatic carbocycles. The molecule has 0 amide bonds. The van der Waals surface area contributed by atoms with Gasteiger partial charge in [0.05, 0.1) is 5.52 Å². The van der Waals surface area contributed by atoms with Gasteiger partial charge in [0.15, 0.2) is 0 Å². The third-order valence-electron chi connectivity index (χ3n) is 2.26. The van der Waals surface area contributed by atoms with Gasteiger partial charge < -0.3 is 4.98 Å². The van der Waals surface area contributed by atoms with E-state index in [-0.39, 0.29) is 11.5 Å². The second-order valence-electron chi connectivity index (χ2n) is 3.43. The SMILES string of the molecule is CCCc1[nH]c(=O)nc2ccc(F)cc12. The van der Waals surface area contributed by atoms with Crippen molar-refractivity contribution in [3.8, 4) is 0 Å². The summed E-state index contributed by atoms with van der Waals surface area (Å²) >= 11 is 0. The van der Waals surface area contributed by atoms with Gasteiger partial charge in [0.25, 0.3) is 0 Å². The number of hydrogen-bond acceptors (Lipinski definition) is 2. The van der Waals surface area contributed by atoms with Gasteiger partial charge in [0, 0.05) is 11.1 Å². The molecule has 0 aliphatic heterocycles. The van der Waals surface area contributed by atoms with E-state index in [1.807, 2.05) is 6.92 Å². The van der Waals surface area contributed by atoms with Crippen molar-refractivity contribution in [2.45, 2.75) is 19.8 Å². The Labute approximate surface area is 86.0 Å². The first-order chi connectivity index (χ1) is 7.20. The minimum atomic E-state index is -0.377. The van der Waals surface area contributed by atoms with E-state index >= 15 is 0 Å². The summed E-state index contributed by atoms with van der Waals surface area (Å²) in [6.07, 6.45) is 1.61. The van der Waals surface area contributed by atoms with Crippen molar-refractivity contribution < 1.29 is 4.39 Å². The van der Waals surface area contributed by atoms with Gasteiger partial charge in [0.1, 0.15) is 5.82 Å². The van der Waals surface area contributed by atoms with Gasteiger partial charge in [-0.2, -0.15) is 4.98 Å². The van der Waals surface area contributed by atoms with Crippen LogP contribution in [0.2, 0.25) is 0 Å². The van der Waals surface area contributed by atoms with E-state index < -0.39 is 0 Å².